The predicted octanol–water partition coefficient (Wildman–Crippen LogP) is 2.55. The molecule has 19 heavy (non-hydrogen) atoms. The van der Waals surface area contributed by atoms with Crippen molar-refractivity contribution in [2.75, 3.05) is 19.6 Å². The van der Waals surface area contributed by atoms with Crippen LogP contribution in [-0.4, -0.2) is 36.6 Å². The molecule has 4 heteroatoms. The van der Waals surface area contributed by atoms with Crippen LogP contribution in [0.5, 0.6) is 0 Å². The molecule has 0 aromatic carbocycles. The first-order valence-electron chi connectivity index (χ1n) is 7.19. The van der Waals surface area contributed by atoms with Gasteiger partial charge < -0.3 is 9.64 Å². The first kappa shape index (κ1) is 11.9. The second-order valence-electron chi connectivity index (χ2n) is 6.36. The molecule has 3 aliphatic heterocycles. The van der Waals surface area contributed by atoms with Crippen molar-refractivity contribution >= 4 is 17.3 Å². The van der Waals surface area contributed by atoms with Crippen molar-refractivity contribution in [1.29, 1.82) is 0 Å². The molecule has 5 rings (SSSR count). The van der Waals surface area contributed by atoms with E-state index in [9.17, 15) is 4.79 Å². The van der Waals surface area contributed by atoms with Crippen LogP contribution < -0.4 is 0 Å². The maximum atomic E-state index is 12.2. The van der Waals surface area contributed by atoms with E-state index in [-0.39, 0.29) is 12.1 Å². The van der Waals surface area contributed by atoms with Gasteiger partial charge in [-0.05, 0) is 37.8 Å². The van der Waals surface area contributed by atoms with Gasteiger partial charge in [-0.1, -0.05) is 0 Å². The molecule has 1 aromatic rings. The molecule has 0 radical (unpaired) electrons. The summed E-state index contributed by atoms with van der Waals surface area (Å²) in [4.78, 5) is 16.7. The summed E-state index contributed by atoms with van der Waals surface area (Å²) in [6, 6.07) is 3.88. The average Bonchev–Trinajstić information content (AvgIpc) is 2.79. The molecular formula is C15H19NO2S. The Morgan fingerprint density at radius 3 is 2.58 bits per heavy atom. The highest BCUT2D eigenvalue weighted by Crippen LogP contribution is 2.45. The fourth-order valence-electron chi connectivity index (χ4n) is 4.28. The second kappa shape index (κ2) is 4.32. The zero-order chi connectivity index (χ0) is 13.0. The Morgan fingerprint density at radius 2 is 2.00 bits per heavy atom. The molecule has 1 saturated carbocycles. The van der Waals surface area contributed by atoms with Crippen molar-refractivity contribution in [3.8, 4) is 0 Å². The molecule has 0 spiro atoms. The number of ether oxygens (including phenoxy) is 1. The molecule has 4 fully saturated rings. The van der Waals surface area contributed by atoms with Gasteiger partial charge in [-0.15, -0.1) is 11.3 Å². The molecular weight excluding hydrogens is 258 g/mol. The van der Waals surface area contributed by atoms with Crippen LogP contribution >= 0.6 is 11.3 Å². The van der Waals surface area contributed by atoms with Gasteiger partial charge in [0.25, 0.3) is 0 Å². The Morgan fingerprint density at radius 1 is 1.26 bits per heavy atom. The minimum atomic E-state index is -0.106. The van der Waals surface area contributed by atoms with E-state index in [4.69, 9.17) is 4.74 Å². The van der Waals surface area contributed by atoms with Crippen LogP contribution in [0, 0.1) is 24.7 Å². The number of rotatable bonds is 2. The van der Waals surface area contributed by atoms with E-state index < -0.39 is 0 Å². The largest absolute Gasteiger partial charge is 0.457 e. The summed E-state index contributed by atoms with van der Waals surface area (Å²) in [7, 11) is 0. The number of carbonyl (C=O) groups is 1. The quantitative estimate of drug-likeness (QED) is 0.778. The third-order valence-electron chi connectivity index (χ3n) is 4.89. The number of aryl methyl sites for hydroxylation is 1. The van der Waals surface area contributed by atoms with E-state index in [0.717, 1.165) is 23.9 Å². The summed E-state index contributed by atoms with van der Waals surface area (Å²) in [5.41, 5.74) is 0. The first-order chi connectivity index (χ1) is 9.19. The van der Waals surface area contributed by atoms with Crippen LogP contribution in [0.4, 0.5) is 0 Å². The SMILES string of the molecule is Cc1ccc(C(=O)OC2C3CC4CC2CN(C4)C3)s1. The lowest BCUT2D eigenvalue weighted by Crippen LogP contribution is -2.60. The van der Waals surface area contributed by atoms with Gasteiger partial charge >= 0.3 is 5.97 Å². The number of piperidine rings is 3. The number of esters is 1. The highest BCUT2D eigenvalue weighted by molar-refractivity contribution is 7.13. The summed E-state index contributed by atoms with van der Waals surface area (Å²) >= 11 is 1.54. The van der Waals surface area contributed by atoms with Crippen molar-refractivity contribution in [1.82, 2.24) is 4.90 Å². The van der Waals surface area contributed by atoms with Crippen molar-refractivity contribution in [2.24, 2.45) is 17.8 Å². The van der Waals surface area contributed by atoms with Gasteiger partial charge in [0.05, 0.1) is 0 Å². The Labute approximate surface area is 117 Å². The standard InChI is InChI=1S/C15H19NO2S/c1-9-2-3-13(19-9)15(17)18-14-11-4-10-5-12(14)8-16(6-10)7-11/h2-3,10-12,14H,4-8H2,1H3. The lowest BCUT2D eigenvalue weighted by atomic mass is 9.66. The van der Waals surface area contributed by atoms with Crippen LogP contribution in [0.2, 0.25) is 0 Å². The lowest BCUT2D eigenvalue weighted by molar-refractivity contribution is -0.116. The second-order valence-corrected chi connectivity index (χ2v) is 7.64. The molecule has 0 N–H and O–H groups in total. The van der Waals surface area contributed by atoms with E-state index in [1.165, 1.54) is 35.6 Å². The van der Waals surface area contributed by atoms with E-state index in [2.05, 4.69) is 4.90 Å². The zero-order valence-corrected chi connectivity index (χ0v) is 12.0. The smallest absolute Gasteiger partial charge is 0.348 e. The number of carbonyl (C=O) groups excluding carboxylic acids is 1. The van der Waals surface area contributed by atoms with Crippen molar-refractivity contribution in [3.05, 3.63) is 21.9 Å². The van der Waals surface area contributed by atoms with E-state index in [1.54, 1.807) is 0 Å². The molecule has 0 amide bonds. The monoisotopic (exact) mass is 277 g/mol. The molecule has 102 valence electrons. The number of thiophene rings is 1. The Bertz CT molecular complexity index is 482. The number of hydrogen-bond donors (Lipinski definition) is 0. The topological polar surface area (TPSA) is 29.5 Å². The summed E-state index contributed by atoms with van der Waals surface area (Å²) in [5.74, 6) is 1.91. The highest BCUT2D eigenvalue weighted by Gasteiger charge is 2.49. The molecule has 3 saturated heterocycles. The third kappa shape index (κ3) is 2.01. The van der Waals surface area contributed by atoms with Gasteiger partial charge in [-0.25, -0.2) is 4.79 Å². The minimum Gasteiger partial charge on any atom is -0.457 e. The van der Waals surface area contributed by atoms with E-state index in [0.29, 0.717) is 11.8 Å². The van der Waals surface area contributed by atoms with Crippen molar-refractivity contribution < 1.29 is 9.53 Å². The van der Waals surface area contributed by atoms with Gasteiger partial charge in [-0.3, -0.25) is 0 Å². The molecule has 1 aromatic heterocycles. The molecule has 2 unspecified atom stereocenters. The summed E-state index contributed by atoms with van der Waals surface area (Å²) in [6.45, 7) is 5.57. The van der Waals surface area contributed by atoms with Gasteiger partial charge in [0.1, 0.15) is 11.0 Å². The molecule has 4 bridgehead atoms. The number of hydrogen-bond acceptors (Lipinski definition) is 4. The Hall–Kier alpha value is -0.870. The van der Waals surface area contributed by atoms with Crippen molar-refractivity contribution in [2.45, 2.75) is 25.9 Å². The average molecular weight is 277 g/mol. The van der Waals surface area contributed by atoms with Crippen LogP contribution in [0.25, 0.3) is 0 Å². The summed E-state index contributed by atoms with van der Waals surface area (Å²) in [6.07, 6.45) is 2.69. The maximum Gasteiger partial charge on any atom is 0.348 e. The predicted molar refractivity (Wildman–Crippen MR) is 74.4 cm³/mol. The fraction of sp³-hybridized carbons (Fsp3) is 0.667. The van der Waals surface area contributed by atoms with E-state index >= 15 is 0 Å². The van der Waals surface area contributed by atoms with E-state index in [1.807, 2.05) is 19.1 Å². The fourth-order valence-corrected chi connectivity index (χ4v) is 5.03. The van der Waals surface area contributed by atoms with Gasteiger partial charge in [-0.2, -0.15) is 0 Å². The molecule has 3 nitrogen and oxygen atoms in total. The van der Waals surface area contributed by atoms with Gasteiger partial charge in [0.15, 0.2) is 0 Å². The minimum absolute atomic E-state index is 0.106. The first-order valence-corrected chi connectivity index (χ1v) is 8.00. The third-order valence-corrected chi connectivity index (χ3v) is 5.87. The van der Waals surface area contributed by atoms with Crippen LogP contribution in [0.3, 0.4) is 0 Å². The highest BCUT2D eigenvalue weighted by atomic mass is 32.1. The van der Waals surface area contributed by atoms with Crippen LogP contribution in [0.15, 0.2) is 12.1 Å². The summed E-state index contributed by atoms with van der Waals surface area (Å²) < 4.78 is 5.87. The molecule has 4 aliphatic rings. The Balaban J connectivity index is 1.49. The molecule has 2 atom stereocenters. The maximum absolute atomic E-state index is 12.2. The van der Waals surface area contributed by atoms with Crippen molar-refractivity contribution in [3.63, 3.8) is 0 Å². The van der Waals surface area contributed by atoms with Crippen LogP contribution in [-0.2, 0) is 4.74 Å². The van der Waals surface area contributed by atoms with Gasteiger partial charge in [0.2, 0.25) is 0 Å². The molecule has 4 heterocycles. The Kier molecular flexibility index (Phi) is 2.71. The normalized spacial score (nSPS) is 39.5. The van der Waals surface area contributed by atoms with Crippen LogP contribution in [0.1, 0.15) is 27.4 Å². The van der Waals surface area contributed by atoms with Gasteiger partial charge in [0, 0.05) is 36.3 Å². The summed E-state index contributed by atoms with van der Waals surface area (Å²) in [5, 5.41) is 0. The molecule has 1 aliphatic carbocycles. The zero-order valence-electron chi connectivity index (χ0n) is 11.2. The number of nitrogens with zero attached hydrogens (tertiary/aromatic N) is 1. The lowest BCUT2D eigenvalue weighted by Gasteiger charge is -2.55.